The molecule has 20 heavy (non-hydrogen) atoms. The lowest BCUT2D eigenvalue weighted by Crippen LogP contribution is -2.35. The Labute approximate surface area is 122 Å². The highest BCUT2D eigenvalue weighted by Gasteiger charge is 2.30. The quantitative estimate of drug-likeness (QED) is 0.877. The van der Waals surface area contributed by atoms with Crippen LogP contribution in [0.25, 0.3) is 0 Å². The second kappa shape index (κ2) is 6.57. The van der Waals surface area contributed by atoms with E-state index in [0.717, 1.165) is 30.8 Å². The van der Waals surface area contributed by atoms with E-state index in [4.69, 9.17) is 0 Å². The first kappa shape index (κ1) is 15.3. The second-order valence-corrected chi connectivity index (χ2v) is 6.43. The summed E-state index contributed by atoms with van der Waals surface area (Å²) in [4.78, 5) is 2.29. The summed E-state index contributed by atoms with van der Waals surface area (Å²) in [6.45, 7) is 10.4. The van der Waals surface area contributed by atoms with Crippen molar-refractivity contribution in [1.29, 1.82) is 0 Å². The molecule has 1 fully saturated rings. The van der Waals surface area contributed by atoms with Crippen LogP contribution in [0, 0.1) is 11.7 Å². The van der Waals surface area contributed by atoms with Crippen LogP contribution in [0.15, 0.2) is 18.2 Å². The van der Waals surface area contributed by atoms with Crippen molar-refractivity contribution in [2.24, 2.45) is 5.92 Å². The van der Waals surface area contributed by atoms with Gasteiger partial charge < -0.3 is 10.2 Å². The summed E-state index contributed by atoms with van der Waals surface area (Å²) in [5.41, 5.74) is 1.89. The molecule has 3 heteroatoms. The third-order valence-corrected chi connectivity index (χ3v) is 4.13. The van der Waals surface area contributed by atoms with Gasteiger partial charge in [0.15, 0.2) is 0 Å². The number of benzene rings is 1. The topological polar surface area (TPSA) is 15.3 Å². The Morgan fingerprint density at radius 2 is 2.05 bits per heavy atom. The fourth-order valence-corrected chi connectivity index (χ4v) is 3.10. The third kappa shape index (κ3) is 3.32. The molecule has 1 saturated heterocycles. The molecule has 1 heterocycles. The number of rotatable bonds is 5. The van der Waals surface area contributed by atoms with Crippen LogP contribution in [0.3, 0.4) is 0 Å². The molecule has 112 valence electrons. The smallest absolute Gasteiger partial charge is 0.146 e. The summed E-state index contributed by atoms with van der Waals surface area (Å²) < 4.78 is 14.4. The minimum atomic E-state index is -0.0828. The first-order chi connectivity index (χ1) is 9.50. The van der Waals surface area contributed by atoms with Crippen LogP contribution >= 0.6 is 0 Å². The van der Waals surface area contributed by atoms with E-state index in [1.807, 2.05) is 12.1 Å². The lowest BCUT2D eigenvalue weighted by Gasteiger charge is -2.32. The summed E-state index contributed by atoms with van der Waals surface area (Å²) in [6, 6.07) is 6.32. The van der Waals surface area contributed by atoms with Crippen molar-refractivity contribution >= 4 is 5.69 Å². The minimum Gasteiger partial charge on any atom is -0.366 e. The Kier molecular flexibility index (Phi) is 5.03. The van der Waals surface area contributed by atoms with E-state index in [2.05, 4.69) is 37.9 Å². The average molecular weight is 278 g/mol. The summed E-state index contributed by atoms with van der Waals surface area (Å²) in [7, 11) is 0. The predicted molar refractivity (Wildman–Crippen MR) is 83.6 cm³/mol. The maximum atomic E-state index is 14.4. The number of anilines is 1. The molecule has 1 aliphatic rings. The third-order valence-electron chi connectivity index (χ3n) is 4.13. The van der Waals surface area contributed by atoms with Gasteiger partial charge in [-0.1, -0.05) is 39.8 Å². The molecule has 0 saturated carbocycles. The molecule has 1 aromatic rings. The molecule has 2 rings (SSSR count). The molecule has 0 aliphatic carbocycles. The molecule has 0 bridgehead atoms. The van der Waals surface area contributed by atoms with E-state index in [1.165, 1.54) is 6.42 Å². The second-order valence-electron chi connectivity index (χ2n) is 6.43. The lowest BCUT2D eigenvalue weighted by molar-refractivity contribution is 0.483. The van der Waals surface area contributed by atoms with Gasteiger partial charge in [0, 0.05) is 25.2 Å². The van der Waals surface area contributed by atoms with Crippen LogP contribution in [0.4, 0.5) is 10.1 Å². The zero-order valence-corrected chi connectivity index (χ0v) is 13.1. The fraction of sp³-hybridized carbons (Fsp3) is 0.647. The van der Waals surface area contributed by atoms with Crippen LogP contribution in [-0.2, 0) is 6.54 Å². The van der Waals surface area contributed by atoms with E-state index in [9.17, 15) is 4.39 Å². The summed E-state index contributed by atoms with van der Waals surface area (Å²) >= 11 is 0. The monoisotopic (exact) mass is 278 g/mol. The van der Waals surface area contributed by atoms with Gasteiger partial charge in [-0.25, -0.2) is 4.39 Å². The highest BCUT2D eigenvalue weighted by atomic mass is 19.1. The Morgan fingerprint density at radius 3 is 2.70 bits per heavy atom. The van der Waals surface area contributed by atoms with Crippen molar-refractivity contribution < 1.29 is 4.39 Å². The number of hydrogen-bond acceptors (Lipinski definition) is 2. The standard InChI is InChI=1S/C17H27FN2/c1-12(2)16-9-6-10-20(16)17-14(11-19-13(3)4)7-5-8-15(17)18/h5,7-8,12-13,16,19H,6,9-11H2,1-4H3. The molecule has 1 atom stereocenters. The highest BCUT2D eigenvalue weighted by molar-refractivity contribution is 5.56. The minimum absolute atomic E-state index is 0.0828. The first-order valence-corrected chi connectivity index (χ1v) is 7.78. The van der Waals surface area contributed by atoms with Crippen molar-refractivity contribution in [2.75, 3.05) is 11.4 Å². The van der Waals surface area contributed by atoms with Crippen LogP contribution in [0.2, 0.25) is 0 Å². The summed E-state index contributed by atoms with van der Waals surface area (Å²) in [5, 5.41) is 3.40. The molecule has 1 aromatic carbocycles. The number of halogens is 1. The molecule has 0 amide bonds. The van der Waals surface area contributed by atoms with E-state index < -0.39 is 0 Å². The molecular weight excluding hydrogens is 251 g/mol. The zero-order chi connectivity index (χ0) is 14.7. The van der Waals surface area contributed by atoms with E-state index in [1.54, 1.807) is 6.07 Å². The fourth-order valence-electron chi connectivity index (χ4n) is 3.10. The van der Waals surface area contributed by atoms with E-state index in [0.29, 0.717) is 18.0 Å². The largest absolute Gasteiger partial charge is 0.366 e. The average Bonchev–Trinajstić information content (AvgIpc) is 2.85. The van der Waals surface area contributed by atoms with Crippen LogP contribution < -0.4 is 10.2 Å². The molecule has 0 aromatic heterocycles. The molecule has 0 radical (unpaired) electrons. The number of nitrogens with zero attached hydrogens (tertiary/aromatic N) is 1. The van der Waals surface area contributed by atoms with Gasteiger partial charge in [0.05, 0.1) is 5.69 Å². The molecule has 1 aliphatic heterocycles. The molecule has 2 nitrogen and oxygen atoms in total. The molecule has 0 spiro atoms. The lowest BCUT2D eigenvalue weighted by atomic mass is 10.0. The Morgan fingerprint density at radius 1 is 1.30 bits per heavy atom. The Hall–Kier alpha value is -1.09. The SMILES string of the molecule is CC(C)NCc1cccc(F)c1N1CCCC1C(C)C. The number of para-hydroxylation sites is 1. The highest BCUT2D eigenvalue weighted by Crippen LogP contribution is 2.34. The van der Waals surface area contributed by atoms with Crippen LogP contribution in [-0.4, -0.2) is 18.6 Å². The normalized spacial score (nSPS) is 19.4. The predicted octanol–water partition coefficient (Wildman–Crippen LogP) is 3.95. The van der Waals surface area contributed by atoms with Gasteiger partial charge in [0.25, 0.3) is 0 Å². The Bertz CT molecular complexity index is 443. The number of hydrogen-bond donors (Lipinski definition) is 1. The summed E-state index contributed by atoms with van der Waals surface area (Å²) in [5.74, 6) is 0.476. The van der Waals surface area contributed by atoms with Crippen LogP contribution in [0.1, 0.15) is 46.1 Å². The maximum Gasteiger partial charge on any atom is 0.146 e. The molecular formula is C17H27FN2. The van der Waals surface area contributed by atoms with Gasteiger partial charge in [0.1, 0.15) is 5.82 Å². The van der Waals surface area contributed by atoms with Gasteiger partial charge in [-0.15, -0.1) is 0 Å². The van der Waals surface area contributed by atoms with Crippen LogP contribution in [0.5, 0.6) is 0 Å². The van der Waals surface area contributed by atoms with E-state index >= 15 is 0 Å². The zero-order valence-electron chi connectivity index (χ0n) is 13.1. The van der Waals surface area contributed by atoms with Gasteiger partial charge in [-0.05, 0) is 30.4 Å². The Balaban J connectivity index is 2.29. The maximum absolute atomic E-state index is 14.4. The van der Waals surface area contributed by atoms with Crippen molar-refractivity contribution in [1.82, 2.24) is 5.32 Å². The number of nitrogens with one attached hydrogen (secondary N) is 1. The summed E-state index contributed by atoms with van der Waals surface area (Å²) in [6.07, 6.45) is 2.33. The van der Waals surface area contributed by atoms with Gasteiger partial charge >= 0.3 is 0 Å². The van der Waals surface area contributed by atoms with Crippen molar-refractivity contribution in [2.45, 2.75) is 59.2 Å². The molecule has 1 unspecified atom stereocenters. The van der Waals surface area contributed by atoms with Gasteiger partial charge in [0.2, 0.25) is 0 Å². The van der Waals surface area contributed by atoms with Gasteiger partial charge in [-0.3, -0.25) is 0 Å². The van der Waals surface area contributed by atoms with Crippen molar-refractivity contribution in [3.8, 4) is 0 Å². The van der Waals surface area contributed by atoms with Crippen molar-refractivity contribution in [3.63, 3.8) is 0 Å². The molecule has 1 N–H and O–H groups in total. The van der Waals surface area contributed by atoms with Gasteiger partial charge in [-0.2, -0.15) is 0 Å². The van der Waals surface area contributed by atoms with E-state index in [-0.39, 0.29) is 5.82 Å². The first-order valence-electron chi connectivity index (χ1n) is 7.78. The van der Waals surface area contributed by atoms with Crippen molar-refractivity contribution in [3.05, 3.63) is 29.6 Å².